The van der Waals surface area contributed by atoms with Crippen LogP contribution in [0.25, 0.3) is 16.7 Å². The van der Waals surface area contributed by atoms with Crippen LogP contribution < -0.4 is 15.5 Å². The van der Waals surface area contributed by atoms with Crippen LogP contribution in [-0.2, 0) is 27.9 Å². The summed E-state index contributed by atoms with van der Waals surface area (Å²) in [6.07, 6.45) is 3.13. The minimum Gasteiger partial charge on any atom is -0.444 e. The highest BCUT2D eigenvalue weighted by Crippen LogP contribution is 2.30. The molecule has 2 N–H and O–H groups in total. The third kappa shape index (κ3) is 7.18. The summed E-state index contributed by atoms with van der Waals surface area (Å²) < 4.78 is 20.6. The van der Waals surface area contributed by atoms with E-state index in [1.165, 1.54) is 4.90 Å². The molecule has 0 radical (unpaired) electrons. The second-order valence-electron chi connectivity index (χ2n) is 13.0. The average molecular weight is 608 g/mol. The van der Waals surface area contributed by atoms with Crippen LogP contribution >= 0.6 is 0 Å². The molecule has 0 saturated heterocycles. The van der Waals surface area contributed by atoms with Crippen LogP contribution in [0.1, 0.15) is 66.4 Å². The van der Waals surface area contributed by atoms with Crippen LogP contribution in [0.4, 0.5) is 26.9 Å². The number of nitrogens with one attached hydrogen (secondary N) is 2. The molecule has 14 nitrogen and oxygen atoms in total. The van der Waals surface area contributed by atoms with E-state index >= 15 is 0 Å². The Labute approximate surface area is 256 Å². The number of alkyl carbamates (subject to hydrolysis) is 1. The molecule has 0 aliphatic heterocycles. The summed E-state index contributed by atoms with van der Waals surface area (Å²) in [5.74, 6) is 0.947. The number of nitrogens with zero attached hydrogens (tertiary/aromatic N) is 7. The molecule has 14 heteroatoms. The van der Waals surface area contributed by atoms with Crippen molar-refractivity contribution in [2.24, 2.45) is 7.05 Å². The standard InChI is InChI=1S/C30H41N9O5/c1-29(2,3)43-27(40)33-19-10-9-11-22(19)42-17-18-14-20(26-21(15-18)38(8)36-35-26)32-23-16-25(39-24(34-23)12-13-31-39)37(7)28(41)44-30(4,5)6/h12-16,19,22H,9-11,17H2,1-8H3,(H,32,34)(H,33,40)/t19-,22-/m1/s1. The molecule has 0 unspecified atom stereocenters. The second kappa shape index (κ2) is 11.9. The molecule has 236 valence electrons. The monoisotopic (exact) mass is 607 g/mol. The van der Waals surface area contributed by atoms with Gasteiger partial charge in [-0.25, -0.2) is 19.3 Å². The SMILES string of the molecule is CN(C(=O)OC(C)(C)C)c1cc(Nc2cc(CO[C@@H]3CCC[C@H]3NC(=O)OC(C)(C)C)cc3c2nnn3C)nc2ccnn12. The van der Waals surface area contributed by atoms with E-state index < -0.39 is 23.4 Å². The van der Waals surface area contributed by atoms with Crippen LogP contribution in [0.2, 0.25) is 0 Å². The van der Waals surface area contributed by atoms with Crippen molar-refractivity contribution in [2.45, 2.75) is 90.8 Å². The third-order valence-corrected chi connectivity index (χ3v) is 7.01. The quantitative estimate of drug-likeness (QED) is 0.291. The van der Waals surface area contributed by atoms with Gasteiger partial charge in [0.25, 0.3) is 0 Å². The number of carbonyl (C=O) groups is 2. The Bertz CT molecular complexity index is 1670. The molecule has 1 aliphatic rings. The summed E-state index contributed by atoms with van der Waals surface area (Å²) in [4.78, 5) is 31.4. The van der Waals surface area contributed by atoms with Gasteiger partial charge in [0, 0.05) is 26.2 Å². The van der Waals surface area contributed by atoms with Crippen LogP contribution in [0.3, 0.4) is 0 Å². The van der Waals surface area contributed by atoms with Gasteiger partial charge >= 0.3 is 12.2 Å². The molecule has 4 aromatic rings. The fraction of sp³-hybridized carbons (Fsp3) is 0.533. The van der Waals surface area contributed by atoms with E-state index in [2.05, 4.69) is 26.0 Å². The maximum atomic E-state index is 12.9. The highest BCUT2D eigenvalue weighted by atomic mass is 16.6. The number of fused-ring (bicyclic) bond motifs is 2. The van der Waals surface area contributed by atoms with Gasteiger partial charge in [0.1, 0.15) is 28.4 Å². The zero-order valence-electron chi connectivity index (χ0n) is 26.5. The molecule has 2 atom stereocenters. The van der Waals surface area contributed by atoms with E-state index in [4.69, 9.17) is 19.2 Å². The number of anilines is 3. The van der Waals surface area contributed by atoms with Gasteiger partial charge < -0.3 is 24.8 Å². The van der Waals surface area contributed by atoms with Crippen molar-refractivity contribution in [3.63, 3.8) is 0 Å². The number of aromatic nitrogens is 6. The average Bonchev–Trinajstić information content (AvgIpc) is 3.65. The molecule has 5 rings (SSSR count). The van der Waals surface area contributed by atoms with Crippen LogP contribution in [0.15, 0.2) is 30.5 Å². The Kier molecular flexibility index (Phi) is 8.38. The maximum Gasteiger partial charge on any atom is 0.415 e. The Morgan fingerprint density at radius 3 is 2.55 bits per heavy atom. The minimum absolute atomic E-state index is 0.128. The van der Waals surface area contributed by atoms with E-state index in [9.17, 15) is 9.59 Å². The van der Waals surface area contributed by atoms with Gasteiger partial charge in [-0.15, -0.1) is 5.10 Å². The predicted octanol–water partition coefficient (Wildman–Crippen LogP) is 5.09. The van der Waals surface area contributed by atoms with Crippen molar-refractivity contribution in [1.29, 1.82) is 0 Å². The minimum atomic E-state index is -0.660. The van der Waals surface area contributed by atoms with E-state index in [1.807, 2.05) is 60.7 Å². The van der Waals surface area contributed by atoms with Crippen molar-refractivity contribution in [1.82, 2.24) is 34.9 Å². The van der Waals surface area contributed by atoms with E-state index in [0.717, 1.165) is 30.3 Å². The molecule has 0 spiro atoms. The molecule has 0 bridgehead atoms. The number of ether oxygens (including phenoxy) is 3. The van der Waals surface area contributed by atoms with Crippen LogP contribution in [0.5, 0.6) is 0 Å². The molecule has 1 fully saturated rings. The Balaban J connectivity index is 1.38. The molecule has 1 aromatic carbocycles. The number of carbonyl (C=O) groups excluding carboxylic acids is 2. The number of amides is 2. The van der Waals surface area contributed by atoms with Gasteiger partial charge in [-0.3, -0.25) is 4.90 Å². The highest BCUT2D eigenvalue weighted by Gasteiger charge is 2.31. The molecular weight excluding hydrogens is 566 g/mol. The summed E-state index contributed by atoms with van der Waals surface area (Å²) in [6.45, 7) is 11.3. The van der Waals surface area contributed by atoms with Crippen molar-refractivity contribution in [2.75, 3.05) is 17.3 Å². The molecule has 2 amide bonds. The maximum absolute atomic E-state index is 12.9. The van der Waals surface area contributed by atoms with Crippen molar-refractivity contribution in [3.8, 4) is 0 Å². The van der Waals surface area contributed by atoms with E-state index in [0.29, 0.717) is 35.1 Å². The van der Waals surface area contributed by atoms with Crippen LogP contribution in [0, 0.1) is 0 Å². The fourth-order valence-corrected chi connectivity index (χ4v) is 5.08. The zero-order chi connectivity index (χ0) is 31.8. The zero-order valence-corrected chi connectivity index (χ0v) is 26.5. The molecule has 3 aromatic heterocycles. The van der Waals surface area contributed by atoms with Gasteiger partial charge in [0.15, 0.2) is 5.65 Å². The fourth-order valence-electron chi connectivity index (χ4n) is 5.08. The number of hydrogen-bond donors (Lipinski definition) is 2. The first kappa shape index (κ1) is 31.0. The van der Waals surface area contributed by atoms with Crippen LogP contribution in [-0.4, -0.2) is 72.2 Å². The number of aryl methyl sites for hydroxylation is 1. The topological polar surface area (TPSA) is 150 Å². The lowest BCUT2D eigenvalue weighted by molar-refractivity contribution is 0.0166. The lowest BCUT2D eigenvalue weighted by Crippen LogP contribution is -2.43. The first-order valence-corrected chi connectivity index (χ1v) is 14.7. The van der Waals surface area contributed by atoms with E-state index in [1.54, 1.807) is 34.6 Å². The van der Waals surface area contributed by atoms with Gasteiger partial charge in [-0.2, -0.15) is 9.61 Å². The van der Waals surface area contributed by atoms with Crippen molar-refractivity contribution >= 4 is 46.2 Å². The summed E-state index contributed by atoms with van der Waals surface area (Å²) >= 11 is 0. The van der Waals surface area contributed by atoms with Gasteiger partial charge in [0.2, 0.25) is 0 Å². The van der Waals surface area contributed by atoms with Crippen molar-refractivity contribution in [3.05, 3.63) is 36.0 Å². The number of benzene rings is 1. The second-order valence-corrected chi connectivity index (χ2v) is 13.0. The molecule has 3 heterocycles. The highest BCUT2D eigenvalue weighted by molar-refractivity contribution is 5.91. The first-order chi connectivity index (χ1) is 20.7. The van der Waals surface area contributed by atoms with Gasteiger partial charge in [-0.05, 0) is 78.5 Å². The van der Waals surface area contributed by atoms with Gasteiger partial charge in [0.05, 0.1) is 36.2 Å². The normalized spacial score (nSPS) is 17.2. The predicted molar refractivity (Wildman–Crippen MR) is 165 cm³/mol. The largest absolute Gasteiger partial charge is 0.444 e. The Morgan fingerprint density at radius 1 is 1.07 bits per heavy atom. The lowest BCUT2D eigenvalue weighted by atomic mass is 10.1. The molecular formula is C30H41N9O5. The first-order valence-electron chi connectivity index (χ1n) is 14.7. The Morgan fingerprint density at radius 2 is 1.82 bits per heavy atom. The van der Waals surface area contributed by atoms with E-state index in [-0.39, 0.29) is 12.1 Å². The summed E-state index contributed by atoms with van der Waals surface area (Å²) in [5.41, 5.74) is 2.33. The Hall–Kier alpha value is -4.46. The molecule has 1 aliphatic carbocycles. The number of rotatable bonds is 7. The molecule has 44 heavy (non-hydrogen) atoms. The summed E-state index contributed by atoms with van der Waals surface area (Å²) in [5, 5.41) is 19.3. The summed E-state index contributed by atoms with van der Waals surface area (Å²) in [6, 6.07) is 7.28. The van der Waals surface area contributed by atoms with Crippen molar-refractivity contribution < 1.29 is 23.8 Å². The number of hydrogen-bond acceptors (Lipinski definition) is 10. The lowest BCUT2D eigenvalue weighted by Gasteiger charge is -2.25. The van der Waals surface area contributed by atoms with Gasteiger partial charge in [-0.1, -0.05) is 5.21 Å². The molecule has 1 saturated carbocycles. The third-order valence-electron chi connectivity index (χ3n) is 7.01. The summed E-state index contributed by atoms with van der Waals surface area (Å²) in [7, 11) is 3.45. The smallest absolute Gasteiger partial charge is 0.415 e.